The number of rotatable bonds is 3. The van der Waals surface area contributed by atoms with Gasteiger partial charge in [-0.3, -0.25) is 9.89 Å². The standard InChI is InChI=1S/C18H16N6O2S/c25-18(12-9-13(26-23-12)14-4-2-8-27-14)24-7-1-3-11(10-24)15-16-17(22-21-15)20-6-5-19-16/h2,4-6,8-9,11H,1,3,7,10H2,(H,20,21,22)/t11-/m0/s1. The molecule has 0 aromatic carbocycles. The number of hydrogen-bond donors (Lipinski definition) is 1. The number of nitrogens with zero attached hydrogens (tertiary/aromatic N) is 5. The van der Waals surface area contributed by atoms with E-state index in [2.05, 4.69) is 25.3 Å². The monoisotopic (exact) mass is 380 g/mol. The van der Waals surface area contributed by atoms with Crippen LogP contribution in [0.3, 0.4) is 0 Å². The number of H-pyrrole nitrogens is 1. The van der Waals surface area contributed by atoms with Crippen LogP contribution < -0.4 is 0 Å². The third-order valence-electron chi connectivity index (χ3n) is 4.83. The molecule has 4 aromatic rings. The summed E-state index contributed by atoms with van der Waals surface area (Å²) >= 11 is 1.55. The summed E-state index contributed by atoms with van der Waals surface area (Å²) in [5, 5.41) is 13.2. The fraction of sp³-hybridized carbons (Fsp3) is 0.278. The second-order valence-electron chi connectivity index (χ2n) is 6.51. The first-order valence-corrected chi connectivity index (χ1v) is 9.62. The first kappa shape index (κ1) is 16.1. The van der Waals surface area contributed by atoms with Crippen molar-refractivity contribution in [3.05, 3.63) is 47.4 Å². The second kappa shape index (κ2) is 6.58. The van der Waals surface area contributed by atoms with Crippen molar-refractivity contribution in [2.45, 2.75) is 18.8 Å². The lowest BCUT2D eigenvalue weighted by Crippen LogP contribution is -2.39. The minimum Gasteiger partial charge on any atom is -0.355 e. The molecule has 1 atom stereocenters. The average Bonchev–Trinajstić information content (AvgIpc) is 3.47. The first-order valence-electron chi connectivity index (χ1n) is 8.74. The molecule has 1 saturated heterocycles. The molecule has 1 fully saturated rings. The van der Waals surface area contributed by atoms with Gasteiger partial charge in [-0.2, -0.15) is 5.10 Å². The molecule has 5 heterocycles. The summed E-state index contributed by atoms with van der Waals surface area (Å²) in [6.45, 7) is 1.29. The zero-order valence-corrected chi connectivity index (χ0v) is 15.1. The molecule has 0 bridgehead atoms. The summed E-state index contributed by atoms with van der Waals surface area (Å²) in [4.78, 5) is 24.3. The summed E-state index contributed by atoms with van der Waals surface area (Å²) < 4.78 is 5.36. The Kier molecular flexibility index (Phi) is 3.93. The van der Waals surface area contributed by atoms with Gasteiger partial charge in [-0.15, -0.1) is 11.3 Å². The Morgan fingerprint density at radius 2 is 2.26 bits per heavy atom. The number of thiophene rings is 1. The number of aromatic nitrogens is 5. The molecule has 0 unspecified atom stereocenters. The number of nitrogens with one attached hydrogen (secondary N) is 1. The summed E-state index contributed by atoms with van der Waals surface area (Å²) in [7, 11) is 0. The van der Waals surface area contributed by atoms with Gasteiger partial charge < -0.3 is 9.42 Å². The Bertz CT molecular complexity index is 1090. The Hall–Kier alpha value is -3.07. The zero-order chi connectivity index (χ0) is 18.2. The molecular weight excluding hydrogens is 364 g/mol. The van der Waals surface area contributed by atoms with Crippen LogP contribution in [-0.2, 0) is 0 Å². The minimum absolute atomic E-state index is 0.110. The van der Waals surface area contributed by atoms with Gasteiger partial charge in [0.2, 0.25) is 0 Å². The van der Waals surface area contributed by atoms with E-state index in [-0.39, 0.29) is 11.8 Å². The Balaban J connectivity index is 1.37. The number of carbonyl (C=O) groups is 1. The van der Waals surface area contributed by atoms with Gasteiger partial charge in [0.05, 0.1) is 10.6 Å². The summed E-state index contributed by atoms with van der Waals surface area (Å²) in [5.74, 6) is 0.658. The normalized spacial score (nSPS) is 17.5. The number of aromatic amines is 1. The van der Waals surface area contributed by atoms with Gasteiger partial charge in [-0.1, -0.05) is 11.2 Å². The molecule has 1 aliphatic heterocycles. The van der Waals surface area contributed by atoms with Crippen molar-refractivity contribution in [3.63, 3.8) is 0 Å². The number of piperidine rings is 1. The molecule has 0 radical (unpaired) electrons. The van der Waals surface area contributed by atoms with Crippen molar-refractivity contribution in [1.82, 2.24) is 30.2 Å². The van der Waals surface area contributed by atoms with Crippen LogP contribution in [0, 0.1) is 0 Å². The lowest BCUT2D eigenvalue weighted by atomic mass is 9.94. The van der Waals surface area contributed by atoms with Crippen molar-refractivity contribution in [1.29, 1.82) is 0 Å². The zero-order valence-electron chi connectivity index (χ0n) is 14.3. The molecule has 1 amide bonds. The quantitative estimate of drug-likeness (QED) is 0.586. The third kappa shape index (κ3) is 2.89. The van der Waals surface area contributed by atoms with Crippen LogP contribution in [0.25, 0.3) is 21.8 Å². The minimum atomic E-state index is -0.110. The highest BCUT2D eigenvalue weighted by Gasteiger charge is 2.29. The highest BCUT2D eigenvalue weighted by atomic mass is 32.1. The molecule has 1 N–H and O–H groups in total. The van der Waals surface area contributed by atoms with E-state index in [1.165, 1.54) is 0 Å². The molecule has 5 rings (SSSR count). The van der Waals surface area contributed by atoms with Crippen LogP contribution in [0.4, 0.5) is 0 Å². The maximum atomic E-state index is 12.9. The summed E-state index contributed by atoms with van der Waals surface area (Å²) in [6, 6.07) is 5.60. The maximum absolute atomic E-state index is 12.9. The van der Waals surface area contributed by atoms with Crippen molar-refractivity contribution < 1.29 is 9.32 Å². The van der Waals surface area contributed by atoms with E-state index < -0.39 is 0 Å². The van der Waals surface area contributed by atoms with Crippen molar-refractivity contribution in [2.75, 3.05) is 13.1 Å². The first-order chi connectivity index (χ1) is 13.3. The molecular formula is C18H16N6O2S. The number of amides is 1. The third-order valence-corrected chi connectivity index (χ3v) is 5.71. The van der Waals surface area contributed by atoms with E-state index >= 15 is 0 Å². The lowest BCUT2D eigenvalue weighted by molar-refractivity contribution is 0.0695. The Labute approximate surface area is 158 Å². The average molecular weight is 380 g/mol. The molecule has 0 saturated carbocycles. The number of carbonyl (C=O) groups excluding carboxylic acids is 1. The van der Waals surface area contributed by atoms with Gasteiger partial charge >= 0.3 is 0 Å². The second-order valence-corrected chi connectivity index (χ2v) is 7.46. The highest BCUT2D eigenvalue weighted by Crippen LogP contribution is 2.30. The Morgan fingerprint density at radius 3 is 3.15 bits per heavy atom. The van der Waals surface area contributed by atoms with E-state index in [0.29, 0.717) is 30.2 Å². The van der Waals surface area contributed by atoms with Crippen LogP contribution in [0.1, 0.15) is 34.9 Å². The van der Waals surface area contributed by atoms with Gasteiger partial charge in [0, 0.05) is 37.5 Å². The molecule has 4 aromatic heterocycles. The predicted octanol–water partition coefficient (Wildman–Crippen LogP) is 3.09. The molecule has 0 aliphatic carbocycles. The Morgan fingerprint density at radius 1 is 1.33 bits per heavy atom. The number of likely N-dealkylation sites (tertiary alicyclic amines) is 1. The molecule has 1 aliphatic rings. The van der Waals surface area contributed by atoms with Gasteiger partial charge in [-0.05, 0) is 24.3 Å². The molecule has 27 heavy (non-hydrogen) atoms. The van der Waals surface area contributed by atoms with Crippen molar-refractivity contribution in [3.8, 4) is 10.6 Å². The SMILES string of the molecule is O=C(c1cc(-c2cccs2)on1)N1CCC[C@H](c2[nH]nc3nccnc23)C1. The number of fused-ring (bicyclic) bond motifs is 1. The fourth-order valence-corrected chi connectivity index (χ4v) is 4.20. The highest BCUT2D eigenvalue weighted by molar-refractivity contribution is 7.13. The van der Waals surface area contributed by atoms with Gasteiger partial charge in [-0.25, -0.2) is 9.97 Å². The van der Waals surface area contributed by atoms with Gasteiger partial charge in [0.25, 0.3) is 5.91 Å². The fourth-order valence-electron chi connectivity index (χ4n) is 3.52. The van der Waals surface area contributed by atoms with Crippen LogP contribution >= 0.6 is 11.3 Å². The van der Waals surface area contributed by atoms with Crippen LogP contribution in [0.5, 0.6) is 0 Å². The molecule has 136 valence electrons. The van der Waals surface area contributed by atoms with Crippen LogP contribution in [0.2, 0.25) is 0 Å². The predicted molar refractivity (Wildman–Crippen MR) is 99.4 cm³/mol. The number of hydrogen-bond acceptors (Lipinski definition) is 7. The maximum Gasteiger partial charge on any atom is 0.276 e. The smallest absolute Gasteiger partial charge is 0.276 e. The van der Waals surface area contributed by atoms with E-state index in [0.717, 1.165) is 28.9 Å². The molecule has 0 spiro atoms. The van der Waals surface area contributed by atoms with Crippen molar-refractivity contribution >= 4 is 28.4 Å². The van der Waals surface area contributed by atoms with Crippen LogP contribution in [-0.4, -0.2) is 49.2 Å². The molecule has 9 heteroatoms. The molecule has 8 nitrogen and oxygen atoms in total. The van der Waals surface area contributed by atoms with Gasteiger partial charge in [0.15, 0.2) is 17.1 Å². The van der Waals surface area contributed by atoms with E-state index in [4.69, 9.17) is 4.52 Å². The summed E-state index contributed by atoms with van der Waals surface area (Å²) in [5.41, 5.74) is 2.66. The topological polar surface area (TPSA) is 101 Å². The van der Waals surface area contributed by atoms with Gasteiger partial charge in [0.1, 0.15) is 5.52 Å². The van der Waals surface area contributed by atoms with Crippen molar-refractivity contribution in [2.24, 2.45) is 0 Å². The summed E-state index contributed by atoms with van der Waals surface area (Å²) in [6.07, 6.45) is 5.16. The van der Waals surface area contributed by atoms with E-state index in [1.807, 2.05) is 22.4 Å². The van der Waals surface area contributed by atoms with E-state index in [9.17, 15) is 4.79 Å². The van der Waals surface area contributed by atoms with E-state index in [1.54, 1.807) is 29.8 Å². The van der Waals surface area contributed by atoms with Crippen LogP contribution in [0.15, 0.2) is 40.5 Å². The lowest BCUT2D eigenvalue weighted by Gasteiger charge is -2.31. The largest absolute Gasteiger partial charge is 0.355 e.